The molecule has 3 atom stereocenters. The van der Waals surface area contributed by atoms with E-state index in [2.05, 4.69) is 10.4 Å². The molecule has 0 spiro atoms. The van der Waals surface area contributed by atoms with E-state index in [4.69, 9.17) is 23.4 Å². The van der Waals surface area contributed by atoms with E-state index in [1.54, 1.807) is 10.9 Å². The van der Waals surface area contributed by atoms with Gasteiger partial charge in [-0.2, -0.15) is 18.3 Å². The average Bonchev–Trinajstić information content (AvgIpc) is 3.41. The molecule has 2 aliphatic heterocycles. The Morgan fingerprint density at radius 3 is 2.50 bits per heavy atom. The van der Waals surface area contributed by atoms with Crippen LogP contribution >= 0.6 is 0 Å². The minimum absolute atomic E-state index is 0.0151. The van der Waals surface area contributed by atoms with Crippen molar-refractivity contribution in [1.82, 2.24) is 15.1 Å². The molecular weight excluding hydrogens is 459 g/mol. The summed E-state index contributed by atoms with van der Waals surface area (Å²) in [6, 6.07) is 0. The fraction of sp³-hybridized carbons (Fsp3) is 0.636. The first kappa shape index (κ1) is 23.3. The van der Waals surface area contributed by atoms with Gasteiger partial charge in [0.2, 0.25) is 5.76 Å². The van der Waals surface area contributed by atoms with Crippen LogP contribution in [0.1, 0.15) is 40.3 Å². The molecule has 1 unspecified atom stereocenters. The lowest BCUT2D eigenvalue weighted by molar-refractivity contribution is -0.137. The molecule has 4 heterocycles. The fourth-order valence-electron chi connectivity index (χ4n) is 4.57. The van der Waals surface area contributed by atoms with Gasteiger partial charge in [-0.15, -0.1) is 0 Å². The van der Waals surface area contributed by atoms with Crippen LogP contribution in [0.4, 0.5) is 13.2 Å². The van der Waals surface area contributed by atoms with Gasteiger partial charge in [-0.3, -0.25) is 9.48 Å². The van der Waals surface area contributed by atoms with Gasteiger partial charge in [-0.05, 0) is 5.92 Å². The number of rotatable bonds is 5. The summed E-state index contributed by atoms with van der Waals surface area (Å²) in [5.41, 5.74) is -0.404. The summed E-state index contributed by atoms with van der Waals surface area (Å²) in [6.45, 7) is 4.70. The van der Waals surface area contributed by atoms with Gasteiger partial charge in [0.05, 0.1) is 63.5 Å². The predicted octanol–water partition coefficient (Wildman–Crippen LogP) is 2.38. The highest BCUT2D eigenvalue weighted by molar-refractivity contribution is 5.96. The number of carbonyl (C=O) groups excluding carboxylic acids is 1. The minimum atomic E-state index is -4.81. The smallest absolute Gasteiger partial charge is 0.420 e. The lowest BCUT2D eigenvalue weighted by Crippen LogP contribution is -2.40. The number of ether oxygens (including phenoxy) is 4. The molecule has 1 amide bonds. The Kier molecular flexibility index (Phi) is 6.40. The van der Waals surface area contributed by atoms with Crippen molar-refractivity contribution in [2.75, 3.05) is 46.2 Å². The van der Waals surface area contributed by atoms with Gasteiger partial charge in [0.25, 0.3) is 5.91 Å². The van der Waals surface area contributed by atoms with Crippen LogP contribution in [0.25, 0.3) is 11.3 Å². The first-order chi connectivity index (χ1) is 16.3. The third-order valence-corrected chi connectivity index (χ3v) is 6.17. The van der Waals surface area contributed by atoms with Gasteiger partial charge in [0, 0.05) is 24.7 Å². The normalized spacial score (nSPS) is 25.0. The highest BCUT2D eigenvalue weighted by atomic mass is 19.4. The molecule has 0 bridgehead atoms. The van der Waals surface area contributed by atoms with Crippen molar-refractivity contribution in [2.45, 2.75) is 44.2 Å². The van der Waals surface area contributed by atoms with Crippen LogP contribution in [-0.4, -0.2) is 74.1 Å². The van der Waals surface area contributed by atoms with Gasteiger partial charge in [-0.25, -0.2) is 0 Å². The number of aromatic nitrogens is 2. The van der Waals surface area contributed by atoms with Gasteiger partial charge in [-0.1, -0.05) is 6.92 Å². The Balaban J connectivity index is 1.45. The van der Waals surface area contributed by atoms with Crippen molar-refractivity contribution >= 4 is 5.91 Å². The summed E-state index contributed by atoms with van der Waals surface area (Å²) in [7, 11) is 0. The standard InChI is InChI=1S/C22H26F3N3O6/c1-12-6-16-17(19-15(12)9-28(27-19)8-14-11-31-3-5-33-14)18(22(23,24)25)20(34-16)21(29)26-7-13-10-30-2-4-32-13/h9,12-14H,2-8,10-11H2,1H3,(H,26,29)/t12-,13-,14?/m1/s1. The number of hydrogen-bond donors (Lipinski definition) is 1. The molecule has 9 nitrogen and oxygen atoms in total. The van der Waals surface area contributed by atoms with Gasteiger partial charge in [0.15, 0.2) is 0 Å². The molecular formula is C22H26F3N3O6. The lowest BCUT2D eigenvalue weighted by Gasteiger charge is -2.23. The second-order valence-electron chi connectivity index (χ2n) is 8.71. The molecule has 2 fully saturated rings. The highest BCUT2D eigenvalue weighted by Gasteiger charge is 2.46. The quantitative estimate of drug-likeness (QED) is 0.695. The molecule has 2 saturated heterocycles. The zero-order chi connectivity index (χ0) is 23.9. The maximum atomic E-state index is 14.2. The van der Waals surface area contributed by atoms with Crippen LogP contribution in [0.2, 0.25) is 0 Å². The van der Waals surface area contributed by atoms with Crippen LogP contribution in [0.15, 0.2) is 10.6 Å². The van der Waals surface area contributed by atoms with Gasteiger partial charge in [0.1, 0.15) is 17.4 Å². The van der Waals surface area contributed by atoms with Crippen molar-refractivity contribution in [3.63, 3.8) is 0 Å². The predicted molar refractivity (Wildman–Crippen MR) is 111 cm³/mol. The molecule has 1 N–H and O–H groups in total. The van der Waals surface area contributed by atoms with E-state index in [0.717, 1.165) is 0 Å². The molecule has 3 aliphatic rings. The summed E-state index contributed by atoms with van der Waals surface area (Å²) in [6.07, 6.45) is -3.49. The molecule has 1 aliphatic carbocycles. The Bertz CT molecular complexity index is 1040. The number of amides is 1. The number of hydrogen-bond acceptors (Lipinski definition) is 7. The Morgan fingerprint density at radius 1 is 1.15 bits per heavy atom. The first-order valence-electron chi connectivity index (χ1n) is 11.3. The van der Waals surface area contributed by atoms with Crippen molar-refractivity contribution in [3.8, 4) is 11.3 Å². The number of alkyl halides is 3. The van der Waals surface area contributed by atoms with E-state index in [1.807, 2.05) is 6.92 Å². The van der Waals surface area contributed by atoms with Crippen LogP contribution in [-0.2, 0) is 38.1 Å². The Morgan fingerprint density at radius 2 is 1.85 bits per heavy atom. The summed E-state index contributed by atoms with van der Waals surface area (Å²) in [5, 5.41) is 6.95. The maximum absolute atomic E-state index is 14.2. The van der Waals surface area contributed by atoms with Gasteiger partial charge < -0.3 is 28.7 Å². The number of nitrogens with zero attached hydrogens (tertiary/aromatic N) is 2. The number of nitrogens with one attached hydrogen (secondary N) is 1. The molecule has 12 heteroatoms. The van der Waals surface area contributed by atoms with E-state index < -0.39 is 29.5 Å². The summed E-state index contributed by atoms with van der Waals surface area (Å²) >= 11 is 0. The van der Waals surface area contributed by atoms with E-state index in [9.17, 15) is 18.0 Å². The summed E-state index contributed by atoms with van der Waals surface area (Å²) in [4.78, 5) is 12.8. The van der Waals surface area contributed by atoms with Crippen LogP contribution in [0.3, 0.4) is 0 Å². The number of fused-ring (bicyclic) bond motifs is 3. The molecule has 186 valence electrons. The Labute approximate surface area is 193 Å². The third-order valence-electron chi connectivity index (χ3n) is 6.17. The van der Waals surface area contributed by atoms with Crippen molar-refractivity contribution in [2.24, 2.45) is 0 Å². The summed E-state index contributed by atoms with van der Waals surface area (Å²) in [5.74, 6) is -1.72. The van der Waals surface area contributed by atoms with E-state index in [1.165, 1.54) is 0 Å². The molecule has 0 radical (unpaired) electrons. The monoisotopic (exact) mass is 485 g/mol. The summed E-state index contributed by atoms with van der Waals surface area (Å²) < 4.78 is 71.6. The average molecular weight is 485 g/mol. The molecule has 0 saturated carbocycles. The van der Waals surface area contributed by atoms with E-state index in [-0.39, 0.29) is 48.6 Å². The first-order valence-corrected chi connectivity index (χ1v) is 11.3. The van der Waals surface area contributed by atoms with Crippen LogP contribution < -0.4 is 5.32 Å². The largest absolute Gasteiger partial charge is 0.455 e. The van der Waals surface area contributed by atoms with Crippen LogP contribution in [0, 0.1) is 0 Å². The Hall–Kier alpha value is -2.41. The number of furan rings is 1. The second-order valence-corrected chi connectivity index (χ2v) is 8.71. The second kappa shape index (κ2) is 9.33. The number of carbonyl (C=O) groups is 1. The van der Waals surface area contributed by atoms with E-state index in [0.29, 0.717) is 45.1 Å². The fourth-order valence-corrected chi connectivity index (χ4v) is 4.57. The topological polar surface area (TPSA) is 97.0 Å². The van der Waals surface area contributed by atoms with Crippen molar-refractivity contribution in [3.05, 3.63) is 28.8 Å². The maximum Gasteiger partial charge on any atom is 0.420 e. The molecule has 5 rings (SSSR count). The molecule has 2 aromatic rings. The number of halogens is 3. The highest BCUT2D eigenvalue weighted by Crippen LogP contribution is 2.48. The lowest BCUT2D eigenvalue weighted by atomic mass is 9.86. The molecule has 34 heavy (non-hydrogen) atoms. The zero-order valence-corrected chi connectivity index (χ0v) is 18.7. The van der Waals surface area contributed by atoms with E-state index >= 15 is 0 Å². The van der Waals surface area contributed by atoms with Crippen molar-refractivity contribution < 1.29 is 41.3 Å². The van der Waals surface area contributed by atoms with Gasteiger partial charge >= 0.3 is 6.18 Å². The zero-order valence-electron chi connectivity index (χ0n) is 18.7. The minimum Gasteiger partial charge on any atom is -0.455 e. The molecule has 2 aromatic heterocycles. The SMILES string of the molecule is C[C@@H]1Cc2oc(C(=O)NC[C@@H]3COCCO3)c(C(F)(F)F)c2-c2nn(CC3COCCO3)cc21. The van der Waals surface area contributed by atoms with Crippen LogP contribution in [0.5, 0.6) is 0 Å². The molecule has 0 aromatic carbocycles. The third kappa shape index (κ3) is 4.59. The van der Waals surface area contributed by atoms with Crippen molar-refractivity contribution in [1.29, 1.82) is 0 Å².